The van der Waals surface area contributed by atoms with Gasteiger partial charge in [0.2, 0.25) is 5.91 Å². The first-order valence-electron chi connectivity index (χ1n) is 10.4. The molecule has 4 rings (SSSR count). The minimum Gasteiger partial charge on any atom is -0.477 e. The zero-order valence-corrected chi connectivity index (χ0v) is 18.7. The number of likely N-dealkylation sites (tertiary alicyclic amines) is 1. The van der Waals surface area contributed by atoms with Gasteiger partial charge >= 0.3 is 0 Å². The van der Waals surface area contributed by atoms with Crippen LogP contribution in [0.3, 0.4) is 0 Å². The van der Waals surface area contributed by atoms with Crippen molar-refractivity contribution >= 4 is 39.1 Å². The molecule has 2 aliphatic rings. The SMILES string of the molecule is Cc1cc(Br)ccc1NC(=O)CN1C[C@@H](C(=O)N2CCCCC2)Oc2ccccc21. The minimum absolute atomic E-state index is 0.0124. The number of para-hydroxylation sites is 2. The van der Waals surface area contributed by atoms with E-state index < -0.39 is 6.10 Å². The minimum atomic E-state index is -0.597. The van der Waals surface area contributed by atoms with Crippen molar-refractivity contribution in [3.63, 3.8) is 0 Å². The zero-order chi connectivity index (χ0) is 21.1. The highest BCUT2D eigenvalue weighted by molar-refractivity contribution is 9.10. The molecule has 30 heavy (non-hydrogen) atoms. The lowest BCUT2D eigenvalue weighted by Crippen LogP contribution is -2.52. The first-order valence-corrected chi connectivity index (χ1v) is 11.2. The molecule has 1 fully saturated rings. The summed E-state index contributed by atoms with van der Waals surface area (Å²) < 4.78 is 7.01. The van der Waals surface area contributed by atoms with Crippen LogP contribution >= 0.6 is 15.9 Å². The Morgan fingerprint density at radius 2 is 1.90 bits per heavy atom. The van der Waals surface area contributed by atoms with Gasteiger partial charge in [-0.2, -0.15) is 0 Å². The molecule has 1 atom stereocenters. The zero-order valence-electron chi connectivity index (χ0n) is 17.1. The first kappa shape index (κ1) is 20.7. The Balaban J connectivity index is 1.49. The third kappa shape index (κ3) is 4.61. The van der Waals surface area contributed by atoms with Crippen molar-refractivity contribution in [2.45, 2.75) is 32.3 Å². The van der Waals surface area contributed by atoms with Crippen LogP contribution in [0.25, 0.3) is 0 Å². The van der Waals surface area contributed by atoms with Crippen LogP contribution in [0.4, 0.5) is 11.4 Å². The summed E-state index contributed by atoms with van der Waals surface area (Å²) in [5, 5.41) is 2.99. The molecule has 158 valence electrons. The van der Waals surface area contributed by atoms with Gasteiger partial charge in [-0.1, -0.05) is 28.1 Å². The summed E-state index contributed by atoms with van der Waals surface area (Å²) in [4.78, 5) is 29.7. The predicted molar refractivity (Wildman–Crippen MR) is 121 cm³/mol. The van der Waals surface area contributed by atoms with Crippen molar-refractivity contribution in [2.75, 3.05) is 36.4 Å². The lowest BCUT2D eigenvalue weighted by atomic mass is 10.1. The van der Waals surface area contributed by atoms with E-state index in [9.17, 15) is 9.59 Å². The number of amides is 2. The molecule has 0 unspecified atom stereocenters. The van der Waals surface area contributed by atoms with Crippen molar-refractivity contribution in [3.05, 3.63) is 52.5 Å². The second-order valence-electron chi connectivity index (χ2n) is 7.85. The van der Waals surface area contributed by atoms with Crippen LogP contribution in [0.5, 0.6) is 5.75 Å². The molecule has 2 amide bonds. The topological polar surface area (TPSA) is 61.9 Å². The molecule has 2 aromatic rings. The molecule has 0 radical (unpaired) electrons. The van der Waals surface area contributed by atoms with Crippen molar-refractivity contribution in [1.82, 2.24) is 4.90 Å². The molecule has 0 bridgehead atoms. The van der Waals surface area contributed by atoms with Gasteiger partial charge in [-0.05, 0) is 62.1 Å². The largest absolute Gasteiger partial charge is 0.477 e. The van der Waals surface area contributed by atoms with Gasteiger partial charge < -0.3 is 19.9 Å². The number of nitrogens with one attached hydrogen (secondary N) is 1. The number of aryl methyl sites for hydroxylation is 1. The highest BCUT2D eigenvalue weighted by Gasteiger charge is 2.34. The van der Waals surface area contributed by atoms with E-state index in [0.717, 1.165) is 47.3 Å². The van der Waals surface area contributed by atoms with Crippen LogP contribution < -0.4 is 15.0 Å². The van der Waals surface area contributed by atoms with Gasteiger partial charge in [0.15, 0.2) is 6.10 Å². The smallest absolute Gasteiger partial charge is 0.265 e. The number of ether oxygens (including phenoxy) is 1. The summed E-state index contributed by atoms with van der Waals surface area (Å²) in [5.74, 6) is 0.534. The first-order chi connectivity index (χ1) is 14.5. The highest BCUT2D eigenvalue weighted by atomic mass is 79.9. The van der Waals surface area contributed by atoms with E-state index in [1.165, 1.54) is 6.42 Å². The summed E-state index contributed by atoms with van der Waals surface area (Å²) in [6.45, 7) is 4.03. The molecule has 0 aromatic heterocycles. The molecule has 2 aromatic carbocycles. The van der Waals surface area contributed by atoms with Crippen molar-refractivity contribution in [3.8, 4) is 5.75 Å². The van der Waals surface area contributed by atoms with Crippen LogP contribution in [0.15, 0.2) is 46.9 Å². The van der Waals surface area contributed by atoms with Gasteiger partial charge in [0.25, 0.3) is 5.91 Å². The van der Waals surface area contributed by atoms with E-state index in [1.54, 1.807) is 0 Å². The second-order valence-corrected chi connectivity index (χ2v) is 8.76. The number of piperidine rings is 1. The van der Waals surface area contributed by atoms with Gasteiger partial charge in [0.1, 0.15) is 5.75 Å². The van der Waals surface area contributed by atoms with Crippen LogP contribution in [0, 0.1) is 6.92 Å². The lowest BCUT2D eigenvalue weighted by molar-refractivity contribution is -0.139. The molecular formula is C23H26BrN3O3. The summed E-state index contributed by atoms with van der Waals surface area (Å²) in [7, 11) is 0. The van der Waals surface area contributed by atoms with Gasteiger partial charge in [-0.3, -0.25) is 9.59 Å². The predicted octanol–water partition coefficient (Wildman–Crippen LogP) is 3.98. The fourth-order valence-electron chi connectivity index (χ4n) is 4.03. The number of benzene rings is 2. The Hall–Kier alpha value is -2.54. The average molecular weight is 472 g/mol. The molecule has 0 saturated carbocycles. The quantitative estimate of drug-likeness (QED) is 0.732. The molecule has 1 saturated heterocycles. The Kier molecular flexibility index (Phi) is 6.27. The van der Waals surface area contributed by atoms with Crippen LogP contribution in [-0.2, 0) is 9.59 Å². The third-order valence-electron chi connectivity index (χ3n) is 5.60. The number of hydrogen-bond acceptors (Lipinski definition) is 4. The molecule has 2 heterocycles. The molecule has 2 aliphatic heterocycles. The molecular weight excluding hydrogens is 446 g/mol. The summed E-state index contributed by atoms with van der Waals surface area (Å²) in [5.41, 5.74) is 2.60. The Labute approximate surface area is 185 Å². The monoisotopic (exact) mass is 471 g/mol. The van der Waals surface area contributed by atoms with E-state index in [4.69, 9.17) is 4.74 Å². The maximum absolute atomic E-state index is 13.0. The molecule has 1 N–H and O–H groups in total. The van der Waals surface area contributed by atoms with Crippen LogP contribution in [-0.4, -0.2) is 49.0 Å². The standard InChI is InChI=1S/C23H26BrN3O3/c1-16-13-17(24)9-10-18(16)25-22(28)15-27-14-21(23(29)26-11-5-2-6-12-26)30-20-8-4-3-7-19(20)27/h3-4,7-10,13,21H,2,5-6,11-12,14-15H2,1H3,(H,25,28)/t21-/m0/s1. The van der Waals surface area contributed by atoms with E-state index in [2.05, 4.69) is 21.2 Å². The Morgan fingerprint density at radius 3 is 2.67 bits per heavy atom. The maximum Gasteiger partial charge on any atom is 0.265 e. The number of anilines is 2. The van der Waals surface area contributed by atoms with E-state index >= 15 is 0 Å². The summed E-state index contributed by atoms with van der Waals surface area (Å²) in [6, 6.07) is 13.3. The second kappa shape index (κ2) is 9.08. The summed E-state index contributed by atoms with van der Waals surface area (Å²) in [6.07, 6.45) is 2.64. The molecule has 0 spiro atoms. The highest BCUT2D eigenvalue weighted by Crippen LogP contribution is 2.33. The number of carbonyl (C=O) groups excluding carboxylic acids is 2. The van der Waals surface area contributed by atoms with Crippen molar-refractivity contribution < 1.29 is 14.3 Å². The molecule has 6 nitrogen and oxygen atoms in total. The molecule has 0 aliphatic carbocycles. The number of hydrogen-bond donors (Lipinski definition) is 1. The fraction of sp³-hybridized carbons (Fsp3) is 0.391. The maximum atomic E-state index is 13.0. The Morgan fingerprint density at radius 1 is 1.13 bits per heavy atom. The third-order valence-corrected chi connectivity index (χ3v) is 6.09. The number of fused-ring (bicyclic) bond motifs is 1. The molecule has 7 heteroatoms. The van der Waals surface area contributed by atoms with Crippen LogP contribution in [0.1, 0.15) is 24.8 Å². The van der Waals surface area contributed by atoms with E-state index in [0.29, 0.717) is 12.3 Å². The van der Waals surface area contributed by atoms with E-state index in [1.807, 2.05) is 59.2 Å². The van der Waals surface area contributed by atoms with Gasteiger partial charge in [0, 0.05) is 23.2 Å². The van der Waals surface area contributed by atoms with Gasteiger partial charge in [-0.25, -0.2) is 0 Å². The van der Waals surface area contributed by atoms with Gasteiger partial charge in [0.05, 0.1) is 18.8 Å². The van der Waals surface area contributed by atoms with Crippen LogP contribution in [0.2, 0.25) is 0 Å². The van der Waals surface area contributed by atoms with Crippen molar-refractivity contribution in [1.29, 1.82) is 0 Å². The lowest BCUT2D eigenvalue weighted by Gasteiger charge is -2.38. The Bertz CT molecular complexity index is 943. The number of nitrogens with zero attached hydrogens (tertiary/aromatic N) is 2. The van der Waals surface area contributed by atoms with E-state index in [-0.39, 0.29) is 18.4 Å². The number of rotatable bonds is 4. The normalized spacial score (nSPS) is 18.4. The average Bonchev–Trinajstić information content (AvgIpc) is 2.75. The number of carbonyl (C=O) groups is 2. The fourth-order valence-corrected chi connectivity index (χ4v) is 4.51. The van der Waals surface area contributed by atoms with Crippen molar-refractivity contribution in [2.24, 2.45) is 0 Å². The van der Waals surface area contributed by atoms with Gasteiger partial charge in [-0.15, -0.1) is 0 Å². The summed E-state index contributed by atoms with van der Waals surface area (Å²) >= 11 is 3.44. The number of halogens is 1.